The quantitative estimate of drug-likeness (QED) is 0.335. The summed E-state index contributed by atoms with van der Waals surface area (Å²) in [6.45, 7) is 6.07. The van der Waals surface area contributed by atoms with E-state index >= 15 is 0 Å². The van der Waals surface area contributed by atoms with Gasteiger partial charge >= 0.3 is 0 Å². The van der Waals surface area contributed by atoms with Gasteiger partial charge in [0.25, 0.3) is 5.56 Å². The van der Waals surface area contributed by atoms with Crippen molar-refractivity contribution in [2.24, 2.45) is 0 Å². The Hall–Kier alpha value is -2.93. The molecule has 29 heavy (non-hydrogen) atoms. The summed E-state index contributed by atoms with van der Waals surface area (Å²) in [5, 5.41) is 5.09. The third-order valence-corrected chi connectivity index (χ3v) is 5.63. The highest BCUT2D eigenvalue weighted by molar-refractivity contribution is 7.99. The van der Waals surface area contributed by atoms with E-state index in [1.54, 1.807) is 4.57 Å². The number of hydrogen-bond acceptors (Lipinski definition) is 6. The molecular formula is C22H22N4O2S. The van der Waals surface area contributed by atoms with Crippen molar-refractivity contribution in [3.8, 4) is 5.69 Å². The van der Waals surface area contributed by atoms with Crippen molar-refractivity contribution in [3.05, 3.63) is 76.2 Å². The molecule has 0 unspecified atom stereocenters. The molecule has 4 rings (SSSR count). The van der Waals surface area contributed by atoms with E-state index in [-0.39, 0.29) is 10.8 Å². The molecule has 0 aliphatic heterocycles. The molecule has 7 heteroatoms. The molecule has 148 valence electrons. The van der Waals surface area contributed by atoms with Crippen LogP contribution in [0, 0.1) is 6.92 Å². The van der Waals surface area contributed by atoms with Gasteiger partial charge in [0.05, 0.1) is 21.8 Å². The summed E-state index contributed by atoms with van der Waals surface area (Å²) in [6, 6.07) is 15.3. The summed E-state index contributed by atoms with van der Waals surface area (Å²) in [7, 11) is 0. The number of nitrogens with zero attached hydrogens (tertiary/aromatic N) is 4. The number of para-hydroxylation sites is 1. The fourth-order valence-corrected chi connectivity index (χ4v) is 4.11. The molecule has 0 fully saturated rings. The van der Waals surface area contributed by atoms with Gasteiger partial charge in [-0.2, -0.15) is 4.98 Å². The zero-order chi connectivity index (χ0) is 20.4. The van der Waals surface area contributed by atoms with Crippen LogP contribution in [0.4, 0.5) is 0 Å². The molecule has 0 aliphatic rings. The molecule has 0 amide bonds. The van der Waals surface area contributed by atoms with Gasteiger partial charge in [0.15, 0.2) is 11.0 Å². The SMILES string of the molecule is CCCc1noc([C@@H](C)Sc2nc3ccccc3c(=O)n2-c2cccc(C)c2)n1. The summed E-state index contributed by atoms with van der Waals surface area (Å²) in [4.78, 5) is 22.6. The van der Waals surface area contributed by atoms with Crippen LogP contribution < -0.4 is 5.56 Å². The highest BCUT2D eigenvalue weighted by Crippen LogP contribution is 2.34. The Bertz CT molecular complexity index is 1210. The van der Waals surface area contributed by atoms with E-state index in [0.717, 1.165) is 24.1 Å². The second-order valence-corrected chi connectivity index (χ2v) is 8.26. The lowest BCUT2D eigenvalue weighted by Gasteiger charge is -2.15. The largest absolute Gasteiger partial charge is 0.338 e. The zero-order valence-electron chi connectivity index (χ0n) is 16.6. The second kappa shape index (κ2) is 8.21. The lowest BCUT2D eigenvalue weighted by atomic mass is 10.2. The second-order valence-electron chi connectivity index (χ2n) is 6.95. The number of rotatable bonds is 6. The number of aromatic nitrogens is 4. The van der Waals surface area contributed by atoms with Gasteiger partial charge in [-0.05, 0) is 50.1 Å². The fraction of sp³-hybridized carbons (Fsp3) is 0.273. The third kappa shape index (κ3) is 3.96. The van der Waals surface area contributed by atoms with Gasteiger partial charge < -0.3 is 4.52 Å². The first-order valence-electron chi connectivity index (χ1n) is 9.64. The van der Waals surface area contributed by atoms with Crippen molar-refractivity contribution < 1.29 is 4.52 Å². The highest BCUT2D eigenvalue weighted by Gasteiger charge is 2.20. The molecule has 0 saturated heterocycles. The van der Waals surface area contributed by atoms with Crippen molar-refractivity contribution >= 4 is 22.7 Å². The molecule has 0 N–H and O–H groups in total. The van der Waals surface area contributed by atoms with Crippen LogP contribution in [0.15, 0.2) is 63.0 Å². The standard InChI is InChI=1S/C22H22N4O2S/c1-4-8-19-24-20(28-25-19)15(3)29-22-23-18-12-6-5-11-17(18)21(27)26(22)16-10-7-9-14(2)13-16/h5-7,9-13,15H,4,8H2,1-3H3/t15-/m1/s1. The zero-order valence-corrected chi connectivity index (χ0v) is 17.4. The molecule has 2 aromatic heterocycles. The molecule has 0 aliphatic carbocycles. The van der Waals surface area contributed by atoms with E-state index < -0.39 is 0 Å². The van der Waals surface area contributed by atoms with Crippen LogP contribution in [0.2, 0.25) is 0 Å². The molecule has 6 nitrogen and oxygen atoms in total. The van der Waals surface area contributed by atoms with Crippen molar-refractivity contribution in [3.63, 3.8) is 0 Å². The smallest absolute Gasteiger partial charge is 0.266 e. The van der Waals surface area contributed by atoms with Gasteiger partial charge in [-0.3, -0.25) is 9.36 Å². The third-order valence-electron chi connectivity index (χ3n) is 4.59. The lowest BCUT2D eigenvalue weighted by molar-refractivity contribution is 0.374. The Morgan fingerprint density at radius 3 is 2.76 bits per heavy atom. The van der Waals surface area contributed by atoms with Gasteiger partial charge in [0.1, 0.15) is 0 Å². The monoisotopic (exact) mass is 406 g/mol. The molecule has 2 aromatic carbocycles. The van der Waals surface area contributed by atoms with Crippen molar-refractivity contribution in [2.75, 3.05) is 0 Å². The van der Waals surface area contributed by atoms with Crippen LogP contribution in [-0.2, 0) is 6.42 Å². The maximum atomic E-state index is 13.3. The topological polar surface area (TPSA) is 73.8 Å². The Kier molecular flexibility index (Phi) is 5.49. The van der Waals surface area contributed by atoms with Gasteiger partial charge in [0.2, 0.25) is 5.89 Å². The van der Waals surface area contributed by atoms with Crippen LogP contribution in [0.5, 0.6) is 0 Å². The first-order chi connectivity index (χ1) is 14.1. The van der Waals surface area contributed by atoms with Gasteiger partial charge in [-0.15, -0.1) is 0 Å². The molecular weight excluding hydrogens is 384 g/mol. The number of thioether (sulfide) groups is 1. The summed E-state index contributed by atoms with van der Waals surface area (Å²) in [5.74, 6) is 1.24. The first-order valence-corrected chi connectivity index (χ1v) is 10.5. The summed E-state index contributed by atoms with van der Waals surface area (Å²) < 4.78 is 7.10. The molecule has 0 radical (unpaired) electrons. The van der Waals surface area contributed by atoms with Gasteiger partial charge in [-0.1, -0.05) is 48.1 Å². The van der Waals surface area contributed by atoms with Crippen LogP contribution in [0.25, 0.3) is 16.6 Å². The molecule has 4 aromatic rings. The van der Waals surface area contributed by atoms with Crippen LogP contribution >= 0.6 is 11.8 Å². The average Bonchev–Trinajstić information content (AvgIpc) is 3.17. The normalized spacial score (nSPS) is 12.4. The molecule has 1 atom stereocenters. The van der Waals surface area contributed by atoms with E-state index in [1.165, 1.54) is 11.8 Å². The highest BCUT2D eigenvalue weighted by atomic mass is 32.2. The summed E-state index contributed by atoms with van der Waals surface area (Å²) >= 11 is 1.44. The van der Waals surface area contributed by atoms with E-state index in [2.05, 4.69) is 17.1 Å². The van der Waals surface area contributed by atoms with Crippen LogP contribution in [-0.4, -0.2) is 19.7 Å². The lowest BCUT2D eigenvalue weighted by Crippen LogP contribution is -2.22. The number of aryl methyl sites for hydroxylation is 2. The molecule has 0 spiro atoms. The number of fused-ring (bicyclic) bond motifs is 1. The maximum Gasteiger partial charge on any atom is 0.266 e. The maximum absolute atomic E-state index is 13.3. The minimum atomic E-state index is -0.141. The number of benzene rings is 2. The summed E-state index contributed by atoms with van der Waals surface area (Å²) in [6.07, 6.45) is 1.74. The van der Waals surface area contributed by atoms with Gasteiger partial charge in [0, 0.05) is 6.42 Å². The average molecular weight is 407 g/mol. The number of hydrogen-bond donors (Lipinski definition) is 0. The molecule has 0 bridgehead atoms. The minimum absolute atomic E-state index is 0.0897. The van der Waals surface area contributed by atoms with E-state index in [1.807, 2.05) is 62.4 Å². The van der Waals surface area contributed by atoms with Crippen molar-refractivity contribution in [1.82, 2.24) is 19.7 Å². The van der Waals surface area contributed by atoms with Crippen LogP contribution in [0.1, 0.15) is 42.8 Å². The minimum Gasteiger partial charge on any atom is -0.338 e. The Balaban J connectivity index is 1.81. The van der Waals surface area contributed by atoms with Crippen molar-refractivity contribution in [2.45, 2.75) is 44.0 Å². The molecule has 0 saturated carbocycles. The molecule has 2 heterocycles. The predicted molar refractivity (Wildman–Crippen MR) is 115 cm³/mol. The van der Waals surface area contributed by atoms with Crippen LogP contribution in [0.3, 0.4) is 0 Å². The van der Waals surface area contributed by atoms with Gasteiger partial charge in [-0.25, -0.2) is 4.98 Å². The van der Waals surface area contributed by atoms with E-state index in [9.17, 15) is 4.79 Å². The Labute approximate surface area is 173 Å². The first kappa shape index (κ1) is 19.4. The Morgan fingerprint density at radius 2 is 1.97 bits per heavy atom. The van der Waals surface area contributed by atoms with E-state index in [0.29, 0.717) is 27.8 Å². The summed E-state index contributed by atoms with van der Waals surface area (Å²) in [5.41, 5.74) is 2.45. The van der Waals surface area contributed by atoms with E-state index in [4.69, 9.17) is 9.51 Å². The fourth-order valence-electron chi connectivity index (χ4n) is 3.15. The predicted octanol–water partition coefficient (Wildman–Crippen LogP) is 4.88. The van der Waals surface area contributed by atoms with Crippen molar-refractivity contribution in [1.29, 1.82) is 0 Å². The Morgan fingerprint density at radius 1 is 1.14 bits per heavy atom.